The van der Waals surface area contributed by atoms with Crippen molar-refractivity contribution in [2.75, 3.05) is 26.3 Å². The van der Waals surface area contributed by atoms with E-state index in [1.165, 1.54) is 4.31 Å². The van der Waals surface area contributed by atoms with E-state index in [4.69, 9.17) is 9.84 Å². The lowest BCUT2D eigenvalue weighted by atomic mass is 10.3. The van der Waals surface area contributed by atoms with Gasteiger partial charge in [-0.2, -0.15) is 9.40 Å². The number of nitrogens with zero attached hydrogens (tertiary/aromatic N) is 3. The van der Waals surface area contributed by atoms with Crippen LogP contribution in [0.4, 0.5) is 0 Å². The SMILES string of the molecule is Cc1nn(C)c(C)c1S(=O)(=O)N1CCOC(CO)C1. The summed E-state index contributed by atoms with van der Waals surface area (Å²) >= 11 is 0. The standard InChI is InChI=1S/C11H19N3O4S/c1-8-11(9(2)13(3)12-8)19(16,17)14-4-5-18-10(6-14)7-15/h10,15H,4-7H2,1-3H3. The molecular formula is C11H19N3O4S. The van der Waals surface area contributed by atoms with Gasteiger partial charge in [-0.3, -0.25) is 4.68 Å². The fourth-order valence-corrected chi connectivity index (χ4v) is 4.13. The molecule has 1 fully saturated rings. The van der Waals surface area contributed by atoms with E-state index in [1.807, 2.05) is 0 Å². The first kappa shape index (κ1) is 14.4. The van der Waals surface area contributed by atoms with Crippen LogP contribution in [0.25, 0.3) is 0 Å². The van der Waals surface area contributed by atoms with Crippen LogP contribution in [-0.2, 0) is 21.8 Å². The molecular weight excluding hydrogens is 270 g/mol. The molecule has 0 saturated carbocycles. The van der Waals surface area contributed by atoms with Gasteiger partial charge in [0.05, 0.1) is 30.7 Å². The third-order valence-corrected chi connectivity index (χ3v) is 5.46. The number of sulfonamides is 1. The van der Waals surface area contributed by atoms with E-state index in [9.17, 15) is 8.42 Å². The van der Waals surface area contributed by atoms with Crippen LogP contribution in [-0.4, -0.2) is 60.0 Å². The first-order valence-corrected chi connectivity index (χ1v) is 7.54. The number of hydrogen-bond donors (Lipinski definition) is 1. The number of ether oxygens (including phenoxy) is 1. The van der Waals surface area contributed by atoms with Gasteiger partial charge >= 0.3 is 0 Å². The summed E-state index contributed by atoms with van der Waals surface area (Å²) < 4.78 is 33.5. The average molecular weight is 289 g/mol. The van der Waals surface area contributed by atoms with E-state index in [1.54, 1.807) is 25.6 Å². The third-order valence-electron chi connectivity index (χ3n) is 3.35. The minimum atomic E-state index is -3.59. The van der Waals surface area contributed by atoms with Crippen LogP contribution in [0.15, 0.2) is 4.90 Å². The second kappa shape index (κ2) is 5.20. The van der Waals surface area contributed by atoms with E-state index in [0.29, 0.717) is 24.5 Å². The molecule has 0 bridgehead atoms. The lowest BCUT2D eigenvalue weighted by Crippen LogP contribution is -2.47. The van der Waals surface area contributed by atoms with Gasteiger partial charge in [-0.15, -0.1) is 0 Å². The molecule has 1 aromatic heterocycles. The van der Waals surface area contributed by atoms with Gasteiger partial charge in [-0.05, 0) is 13.8 Å². The summed E-state index contributed by atoms with van der Waals surface area (Å²) in [5, 5.41) is 13.2. The summed E-state index contributed by atoms with van der Waals surface area (Å²) in [5.41, 5.74) is 1.11. The van der Waals surface area contributed by atoms with E-state index in [0.717, 1.165) is 0 Å². The molecule has 1 saturated heterocycles. The Morgan fingerprint density at radius 2 is 2.16 bits per heavy atom. The number of hydrogen-bond acceptors (Lipinski definition) is 5. The van der Waals surface area contributed by atoms with Crippen LogP contribution in [0.3, 0.4) is 0 Å². The Morgan fingerprint density at radius 3 is 2.68 bits per heavy atom. The van der Waals surface area contributed by atoms with Gasteiger partial charge < -0.3 is 9.84 Å². The number of aromatic nitrogens is 2. The highest BCUT2D eigenvalue weighted by Crippen LogP contribution is 2.24. The van der Waals surface area contributed by atoms with Crippen molar-refractivity contribution < 1.29 is 18.3 Å². The van der Waals surface area contributed by atoms with Crippen LogP contribution in [0.1, 0.15) is 11.4 Å². The Balaban J connectivity index is 2.37. The highest BCUT2D eigenvalue weighted by molar-refractivity contribution is 7.89. The van der Waals surface area contributed by atoms with Crippen molar-refractivity contribution in [2.45, 2.75) is 24.8 Å². The maximum Gasteiger partial charge on any atom is 0.246 e. The molecule has 1 aliphatic rings. The molecule has 1 atom stereocenters. The molecule has 0 aliphatic carbocycles. The van der Waals surface area contributed by atoms with Crippen molar-refractivity contribution in [3.63, 3.8) is 0 Å². The first-order chi connectivity index (χ1) is 8.87. The van der Waals surface area contributed by atoms with Crippen LogP contribution in [0, 0.1) is 13.8 Å². The Hall–Kier alpha value is -0.960. The molecule has 0 spiro atoms. The highest BCUT2D eigenvalue weighted by Gasteiger charge is 2.34. The summed E-state index contributed by atoms with van der Waals surface area (Å²) in [6, 6.07) is 0. The smallest absolute Gasteiger partial charge is 0.246 e. The monoisotopic (exact) mass is 289 g/mol. The van der Waals surface area contributed by atoms with E-state index in [2.05, 4.69) is 5.10 Å². The maximum atomic E-state index is 12.6. The Kier molecular flexibility index (Phi) is 3.95. The molecule has 1 aromatic rings. The molecule has 8 heteroatoms. The zero-order chi connectivity index (χ0) is 14.2. The number of rotatable bonds is 3. The quantitative estimate of drug-likeness (QED) is 0.804. The summed E-state index contributed by atoms with van der Waals surface area (Å²) in [6.45, 7) is 4.00. The summed E-state index contributed by atoms with van der Waals surface area (Å²) in [4.78, 5) is 0.258. The van der Waals surface area contributed by atoms with Gasteiger partial charge in [-0.25, -0.2) is 8.42 Å². The zero-order valence-corrected chi connectivity index (χ0v) is 12.1. The summed E-state index contributed by atoms with van der Waals surface area (Å²) in [6.07, 6.45) is -0.458. The molecule has 2 rings (SSSR count). The van der Waals surface area contributed by atoms with Crippen molar-refractivity contribution in [1.29, 1.82) is 0 Å². The number of morpholine rings is 1. The van der Waals surface area contributed by atoms with Crippen molar-refractivity contribution in [3.8, 4) is 0 Å². The van der Waals surface area contributed by atoms with Gasteiger partial charge in [0.2, 0.25) is 10.0 Å². The topological polar surface area (TPSA) is 84.7 Å². The van der Waals surface area contributed by atoms with E-state index >= 15 is 0 Å². The van der Waals surface area contributed by atoms with Gasteiger partial charge in [-0.1, -0.05) is 0 Å². The zero-order valence-electron chi connectivity index (χ0n) is 11.3. The maximum absolute atomic E-state index is 12.6. The van der Waals surface area contributed by atoms with Crippen LogP contribution < -0.4 is 0 Å². The molecule has 1 aliphatic heterocycles. The van der Waals surface area contributed by atoms with Gasteiger partial charge in [0.15, 0.2) is 0 Å². The fraction of sp³-hybridized carbons (Fsp3) is 0.727. The normalized spacial score (nSPS) is 21.8. The predicted molar refractivity (Wildman–Crippen MR) is 68.3 cm³/mol. The minimum absolute atomic E-state index is 0.173. The Bertz CT molecular complexity index is 567. The predicted octanol–water partition coefficient (Wildman–Crippen LogP) is -0.581. The first-order valence-electron chi connectivity index (χ1n) is 6.10. The number of aryl methyl sites for hydroxylation is 2. The second-order valence-corrected chi connectivity index (χ2v) is 6.54. The van der Waals surface area contributed by atoms with Gasteiger partial charge in [0.25, 0.3) is 0 Å². The van der Waals surface area contributed by atoms with Crippen molar-refractivity contribution in [2.24, 2.45) is 7.05 Å². The Labute approximate surface area is 112 Å². The van der Waals surface area contributed by atoms with Crippen LogP contribution in [0.2, 0.25) is 0 Å². The molecule has 1 N–H and O–H groups in total. The van der Waals surface area contributed by atoms with E-state index < -0.39 is 16.1 Å². The third kappa shape index (κ3) is 2.53. The summed E-state index contributed by atoms with van der Waals surface area (Å²) in [5.74, 6) is 0. The molecule has 0 radical (unpaired) electrons. The van der Waals surface area contributed by atoms with Crippen LogP contribution in [0.5, 0.6) is 0 Å². The molecule has 1 unspecified atom stereocenters. The molecule has 0 amide bonds. The largest absolute Gasteiger partial charge is 0.394 e. The van der Waals surface area contributed by atoms with Gasteiger partial charge in [0.1, 0.15) is 4.90 Å². The van der Waals surface area contributed by atoms with Crippen molar-refractivity contribution in [1.82, 2.24) is 14.1 Å². The summed E-state index contributed by atoms with van der Waals surface area (Å²) in [7, 11) is -1.87. The second-order valence-electron chi connectivity index (χ2n) is 4.66. The molecule has 7 nitrogen and oxygen atoms in total. The minimum Gasteiger partial charge on any atom is -0.394 e. The fourth-order valence-electron chi connectivity index (χ4n) is 2.28. The lowest BCUT2D eigenvalue weighted by molar-refractivity contribution is -0.0304. The molecule has 19 heavy (non-hydrogen) atoms. The molecule has 108 valence electrons. The van der Waals surface area contributed by atoms with Crippen molar-refractivity contribution in [3.05, 3.63) is 11.4 Å². The van der Waals surface area contributed by atoms with E-state index in [-0.39, 0.29) is 18.0 Å². The Morgan fingerprint density at radius 1 is 1.47 bits per heavy atom. The molecule has 0 aromatic carbocycles. The molecule has 2 heterocycles. The lowest BCUT2D eigenvalue weighted by Gasteiger charge is -2.31. The number of aliphatic hydroxyl groups excluding tert-OH is 1. The number of aliphatic hydroxyl groups is 1. The van der Waals surface area contributed by atoms with Crippen LogP contribution >= 0.6 is 0 Å². The average Bonchev–Trinajstić information content (AvgIpc) is 2.63. The highest BCUT2D eigenvalue weighted by atomic mass is 32.2. The van der Waals surface area contributed by atoms with Gasteiger partial charge in [0, 0.05) is 20.1 Å². The van der Waals surface area contributed by atoms with Crippen molar-refractivity contribution >= 4 is 10.0 Å².